The van der Waals surface area contributed by atoms with Crippen molar-refractivity contribution in [2.24, 2.45) is 0 Å². The van der Waals surface area contributed by atoms with E-state index in [4.69, 9.17) is 4.74 Å². The second-order valence-electron chi connectivity index (χ2n) is 5.79. The molecule has 0 radical (unpaired) electrons. The molecule has 4 aromatic rings. The summed E-state index contributed by atoms with van der Waals surface area (Å²) in [5.41, 5.74) is 1.70. The molecule has 1 N–H and O–H groups in total. The number of imidazole rings is 1. The lowest BCUT2D eigenvalue weighted by molar-refractivity contribution is -0.122. The third kappa shape index (κ3) is 3.19. The highest BCUT2D eigenvalue weighted by Gasteiger charge is 2.21. The van der Waals surface area contributed by atoms with Crippen molar-refractivity contribution in [2.75, 3.05) is 5.32 Å². The fourth-order valence-electron chi connectivity index (χ4n) is 2.68. The first-order chi connectivity index (χ1) is 12.7. The highest BCUT2D eigenvalue weighted by Crippen LogP contribution is 2.30. The van der Waals surface area contributed by atoms with E-state index in [1.165, 1.54) is 11.3 Å². The van der Waals surface area contributed by atoms with Crippen LogP contribution in [0.15, 0.2) is 72.2 Å². The average molecular weight is 363 g/mol. The Kier molecular flexibility index (Phi) is 4.41. The van der Waals surface area contributed by atoms with E-state index in [2.05, 4.69) is 10.3 Å². The van der Waals surface area contributed by atoms with Gasteiger partial charge in [-0.2, -0.15) is 0 Å². The van der Waals surface area contributed by atoms with Gasteiger partial charge in [-0.3, -0.25) is 9.20 Å². The Hall–Kier alpha value is -3.12. The normalized spacial score (nSPS) is 12.0. The predicted octanol–water partition coefficient (Wildman–Crippen LogP) is 4.47. The molecule has 0 aliphatic heterocycles. The van der Waals surface area contributed by atoms with Gasteiger partial charge in [-0.1, -0.05) is 48.5 Å². The molecule has 0 fully saturated rings. The molecular weight excluding hydrogens is 346 g/mol. The lowest BCUT2D eigenvalue weighted by atomic mass is 10.1. The Balaban J connectivity index is 1.62. The van der Waals surface area contributed by atoms with Gasteiger partial charge in [0.05, 0.1) is 0 Å². The Morgan fingerprint density at radius 2 is 1.81 bits per heavy atom. The standard InChI is InChI=1S/C20H17N3O2S/c1-14(25-16-10-6-3-7-11-16)19(24)22-18-17(15-8-4-2-5-9-15)21-20-23(18)12-13-26-20/h2-14H,1H3,(H,22,24)/t14-/m1/s1. The first kappa shape index (κ1) is 16.4. The Morgan fingerprint density at radius 3 is 2.54 bits per heavy atom. The van der Waals surface area contributed by atoms with Crippen molar-refractivity contribution in [1.82, 2.24) is 9.38 Å². The Morgan fingerprint density at radius 1 is 1.12 bits per heavy atom. The number of rotatable bonds is 5. The summed E-state index contributed by atoms with van der Waals surface area (Å²) in [4.78, 5) is 18.2. The van der Waals surface area contributed by atoms with Gasteiger partial charge in [-0.15, -0.1) is 11.3 Å². The summed E-state index contributed by atoms with van der Waals surface area (Å²) in [5, 5.41) is 4.92. The zero-order valence-corrected chi connectivity index (χ0v) is 14.9. The van der Waals surface area contributed by atoms with Gasteiger partial charge < -0.3 is 10.1 Å². The molecule has 130 valence electrons. The molecule has 0 spiro atoms. The molecule has 1 amide bonds. The van der Waals surface area contributed by atoms with Crippen LogP contribution in [0.25, 0.3) is 16.2 Å². The van der Waals surface area contributed by atoms with E-state index in [1.807, 2.05) is 76.6 Å². The molecule has 0 aliphatic rings. The van der Waals surface area contributed by atoms with Crippen LogP contribution < -0.4 is 10.1 Å². The van der Waals surface area contributed by atoms with Crippen LogP contribution >= 0.6 is 11.3 Å². The number of nitrogens with one attached hydrogen (secondary N) is 1. The maximum atomic E-state index is 12.7. The van der Waals surface area contributed by atoms with Crippen molar-refractivity contribution in [3.05, 3.63) is 72.2 Å². The number of aromatic nitrogens is 2. The SMILES string of the molecule is C[C@@H](Oc1ccccc1)C(=O)Nc1c(-c2ccccc2)nc2sccn12. The molecule has 2 aromatic heterocycles. The summed E-state index contributed by atoms with van der Waals surface area (Å²) >= 11 is 1.52. The van der Waals surface area contributed by atoms with Crippen molar-refractivity contribution in [3.63, 3.8) is 0 Å². The number of carbonyl (C=O) groups excluding carboxylic acids is 1. The minimum absolute atomic E-state index is 0.223. The predicted molar refractivity (Wildman–Crippen MR) is 104 cm³/mol. The molecule has 0 unspecified atom stereocenters. The highest BCUT2D eigenvalue weighted by molar-refractivity contribution is 7.15. The van der Waals surface area contributed by atoms with E-state index in [9.17, 15) is 4.79 Å². The van der Waals surface area contributed by atoms with Crippen LogP contribution in [0, 0.1) is 0 Å². The fraction of sp³-hybridized carbons (Fsp3) is 0.100. The molecule has 0 bridgehead atoms. The Labute approximate surface area is 154 Å². The quantitative estimate of drug-likeness (QED) is 0.569. The van der Waals surface area contributed by atoms with Gasteiger partial charge in [0.15, 0.2) is 11.1 Å². The topological polar surface area (TPSA) is 55.6 Å². The molecule has 2 heterocycles. The van der Waals surface area contributed by atoms with Crippen molar-refractivity contribution >= 4 is 28.0 Å². The zero-order chi connectivity index (χ0) is 17.9. The number of anilines is 1. The molecular formula is C20H17N3O2S. The number of para-hydroxylation sites is 1. The minimum atomic E-state index is -0.634. The van der Waals surface area contributed by atoms with Gasteiger partial charge >= 0.3 is 0 Å². The number of carbonyl (C=O) groups is 1. The molecule has 5 nitrogen and oxygen atoms in total. The molecule has 4 rings (SSSR count). The number of ether oxygens (including phenoxy) is 1. The largest absolute Gasteiger partial charge is 0.481 e. The minimum Gasteiger partial charge on any atom is -0.481 e. The van der Waals surface area contributed by atoms with Crippen LogP contribution in [-0.4, -0.2) is 21.4 Å². The van der Waals surface area contributed by atoms with E-state index < -0.39 is 6.10 Å². The van der Waals surface area contributed by atoms with Gasteiger partial charge in [0, 0.05) is 17.1 Å². The van der Waals surface area contributed by atoms with Crippen LogP contribution in [0.4, 0.5) is 5.82 Å². The lowest BCUT2D eigenvalue weighted by Crippen LogP contribution is -2.30. The van der Waals surface area contributed by atoms with Crippen molar-refractivity contribution in [1.29, 1.82) is 0 Å². The first-order valence-corrected chi connectivity index (χ1v) is 9.14. The molecule has 0 saturated heterocycles. The monoisotopic (exact) mass is 363 g/mol. The van der Waals surface area contributed by atoms with Gasteiger partial charge in [-0.25, -0.2) is 4.98 Å². The zero-order valence-electron chi connectivity index (χ0n) is 14.1. The number of nitrogens with zero attached hydrogens (tertiary/aromatic N) is 2. The van der Waals surface area contributed by atoms with E-state index in [0.29, 0.717) is 11.6 Å². The van der Waals surface area contributed by atoms with Crippen molar-refractivity contribution < 1.29 is 9.53 Å². The smallest absolute Gasteiger partial charge is 0.266 e. The van der Waals surface area contributed by atoms with Crippen LogP contribution in [0.1, 0.15) is 6.92 Å². The maximum Gasteiger partial charge on any atom is 0.266 e. The number of hydrogen-bond donors (Lipinski definition) is 1. The number of hydrogen-bond acceptors (Lipinski definition) is 4. The van der Waals surface area contributed by atoms with Gasteiger partial charge in [0.25, 0.3) is 5.91 Å². The molecule has 26 heavy (non-hydrogen) atoms. The van der Waals surface area contributed by atoms with Crippen molar-refractivity contribution in [3.8, 4) is 17.0 Å². The van der Waals surface area contributed by atoms with Crippen molar-refractivity contribution in [2.45, 2.75) is 13.0 Å². The lowest BCUT2D eigenvalue weighted by Gasteiger charge is -2.15. The van der Waals surface area contributed by atoms with Crippen LogP contribution in [0.5, 0.6) is 5.75 Å². The van der Waals surface area contributed by atoms with Crippen LogP contribution in [-0.2, 0) is 4.79 Å². The molecule has 0 saturated carbocycles. The summed E-state index contributed by atoms with van der Waals surface area (Å²) in [5.74, 6) is 1.09. The third-order valence-electron chi connectivity index (χ3n) is 3.98. The van der Waals surface area contributed by atoms with E-state index >= 15 is 0 Å². The van der Waals surface area contributed by atoms with E-state index in [1.54, 1.807) is 6.92 Å². The van der Waals surface area contributed by atoms with E-state index in [-0.39, 0.29) is 5.91 Å². The molecule has 2 aromatic carbocycles. The van der Waals surface area contributed by atoms with Crippen LogP contribution in [0.2, 0.25) is 0 Å². The maximum absolute atomic E-state index is 12.7. The first-order valence-electron chi connectivity index (χ1n) is 8.26. The summed E-state index contributed by atoms with van der Waals surface area (Å²) in [6.07, 6.45) is 1.27. The second kappa shape index (κ2) is 7.01. The number of amides is 1. The fourth-order valence-corrected chi connectivity index (χ4v) is 3.39. The molecule has 0 aliphatic carbocycles. The van der Waals surface area contributed by atoms with Gasteiger partial charge in [0.2, 0.25) is 0 Å². The summed E-state index contributed by atoms with van der Waals surface area (Å²) in [7, 11) is 0. The average Bonchev–Trinajstić information content (AvgIpc) is 3.26. The van der Waals surface area contributed by atoms with Gasteiger partial charge in [-0.05, 0) is 19.1 Å². The van der Waals surface area contributed by atoms with E-state index in [0.717, 1.165) is 16.2 Å². The summed E-state index contributed by atoms with van der Waals surface area (Å²) in [6.45, 7) is 1.73. The van der Waals surface area contributed by atoms with Gasteiger partial charge in [0.1, 0.15) is 17.3 Å². The third-order valence-corrected chi connectivity index (χ3v) is 4.73. The molecule has 1 atom stereocenters. The Bertz CT molecular complexity index is 1030. The second-order valence-corrected chi connectivity index (χ2v) is 6.67. The summed E-state index contributed by atoms with van der Waals surface area (Å²) in [6, 6.07) is 19.1. The summed E-state index contributed by atoms with van der Waals surface area (Å²) < 4.78 is 7.61. The number of fused-ring (bicyclic) bond motifs is 1. The highest BCUT2D eigenvalue weighted by atomic mass is 32.1. The number of thiazole rings is 1. The molecule has 6 heteroatoms. The van der Waals surface area contributed by atoms with Crippen LogP contribution in [0.3, 0.4) is 0 Å². The number of benzene rings is 2.